The van der Waals surface area contributed by atoms with E-state index in [0.29, 0.717) is 10.7 Å². The maximum Gasteiger partial charge on any atom is 0.248 e. The maximum atomic E-state index is 13.6. The van der Waals surface area contributed by atoms with Crippen LogP contribution in [0.1, 0.15) is 15.9 Å². The van der Waals surface area contributed by atoms with Crippen LogP contribution in [-0.2, 0) is 5.75 Å². The van der Waals surface area contributed by atoms with E-state index in [0.717, 1.165) is 11.8 Å². The van der Waals surface area contributed by atoms with E-state index in [-0.39, 0.29) is 23.0 Å². The third kappa shape index (κ3) is 3.35. The number of rotatable bonds is 4. The molecule has 2 aromatic rings. The molecule has 0 atom stereocenters. The molecule has 20 heavy (non-hydrogen) atoms. The van der Waals surface area contributed by atoms with Crippen molar-refractivity contribution in [2.75, 3.05) is 11.5 Å². The molecule has 1 aromatic carbocycles. The Hall–Kier alpha value is -2.35. The number of nitrogens with zero attached hydrogens (tertiary/aromatic N) is 2. The van der Waals surface area contributed by atoms with Crippen LogP contribution in [-0.4, -0.2) is 15.9 Å². The highest BCUT2D eigenvalue weighted by atomic mass is 32.2. The van der Waals surface area contributed by atoms with E-state index in [1.54, 1.807) is 0 Å². The highest BCUT2D eigenvalue weighted by Crippen LogP contribution is 2.23. The SMILES string of the molecule is NC(=O)c1ccc(F)c(CSc2nc(N)cc(N)n2)c1. The van der Waals surface area contributed by atoms with Gasteiger partial charge in [-0.3, -0.25) is 4.79 Å². The van der Waals surface area contributed by atoms with Gasteiger partial charge in [0.1, 0.15) is 17.5 Å². The third-order valence-electron chi connectivity index (χ3n) is 2.43. The molecule has 2 rings (SSSR count). The summed E-state index contributed by atoms with van der Waals surface area (Å²) in [5.74, 6) is -0.326. The summed E-state index contributed by atoms with van der Waals surface area (Å²) in [6.45, 7) is 0. The lowest BCUT2D eigenvalue weighted by Gasteiger charge is -2.05. The Balaban J connectivity index is 2.18. The van der Waals surface area contributed by atoms with Crippen molar-refractivity contribution in [2.24, 2.45) is 5.73 Å². The van der Waals surface area contributed by atoms with Gasteiger partial charge in [-0.2, -0.15) is 0 Å². The number of benzene rings is 1. The van der Waals surface area contributed by atoms with Crippen LogP contribution in [0.3, 0.4) is 0 Å². The molecule has 0 radical (unpaired) electrons. The van der Waals surface area contributed by atoms with Gasteiger partial charge in [-0.25, -0.2) is 14.4 Å². The number of carbonyl (C=O) groups excluding carboxylic acids is 1. The Morgan fingerprint density at radius 2 is 1.85 bits per heavy atom. The fourth-order valence-corrected chi connectivity index (χ4v) is 2.35. The van der Waals surface area contributed by atoms with Gasteiger partial charge >= 0.3 is 0 Å². The number of anilines is 2. The number of hydrogen-bond donors (Lipinski definition) is 3. The second-order valence-electron chi connectivity index (χ2n) is 3.96. The average Bonchev–Trinajstić information content (AvgIpc) is 2.36. The predicted octanol–water partition coefficient (Wildman–Crippen LogP) is 1.17. The van der Waals surface area contributed by atoms with Crippen molar-refractivity contribution >= 4 is 29.3 Å². The monoisotopic (exact) mass is 293 g/mol. The molecule has 0 spiro atoms. The second kappa shape index (κ2) is 5.74. The van der Waals surface area contributed by atoms with Gasteiger partial charge in [0, 0.05) is 17.4 Å². The first kappa shape index (κ1) is 14.1. The molecular formula is C12H12FN5OS. The molecule has 0 fully saturated rings. The molecule has 0 aliphatic rings. The fourth-order valence-electron chi connectivity index (χ4n) is 1.51. The minimum absolute atomic E-state index is 0.232. The molecule has 1 aromatic heterocycles. The van der Waals surface area contributed by atoms with Gasteiger partial charge in [0.05, 0.1) is 0 Å². The molecule has 104 valence electrons. The summed E-state index contributed by atoms with van der Waals surface area (Å²) < 4.78 is 13.6. The molecule has 6 N–H and O–H groups in total. The highest BCUT2D eigenvalue weighted by Gasteiger charge is 2.09. The zero-order chi connectivity index (χ0) is 14.7. The van der Waals surface area contributed by atoms with E-state index in [1.165, 1.54) is 24.3 Å². The Labute approximate surface area is 118 Å². The standard InChI is InChI=1S/C12H12FN5OS/c13-8-2-1-6(11(16)19)3-7(8)5-20-12-17-9(14)4-10(15)18-12/h1-4H,5H2,(H2,16,19)(H4,14,15,17,18). The Kier molecular flexibility index (Phi) is 4.04. The molecule has 0 unspecified atom stereocenters. The molecule has 1 amide bonds. The van der Waals surface area contributed by atoms with E-state index in [1.807, 2.05) is 0 Å². The minimum atomic E-state index is -0.610. The van der Waals surface area contributed by atoms with Gasteiger partial charge in [0.15, 0.2) is 5.16 Å². The van der Waals surface area contributed by atoms with E-state index in [2.05, 4.69) is 9.97 Å². The molecule has 0 saturated heterocycles. The summed E-state index contributed by atoms with van der Waals surface area (Å²) in [6, 6.07) is 5.37. The van der Waals surface area contributed by atoms with Crippen molar-refractivity contribution in [1.29, 1.82) is 0 Å². The van der Waals surface area contributed by atoms with Crippen molar-refractivity contribution < 1.29 is 9.18 Å². The van der Waals surface area contributed by atoms with Gasteiger partial charge in [-0.15, -0.1) is 0 Å². The molecular weight excluding hydrogens is 281 g/mol. The Morgan fingerprint density at radius 1 is 1.20 bits per heavy atom. The van der Waals surface area contributed by atoms with Gasteiger partial charge in [-0.05, 0) is 23.8 Å². The van der Waals surface area contributed by atoms with E-state index < -0.39 is 11.7 Å². The lowest BCUT2D eigenvalue weighted by molar-refractivity contribution is 0.1000. The van der Waals surface area contributed by atoms with Crippen LogP contribution in [0.2, 0.25) is 0 Å². The number of hydrogen-bond acceptors (Lipinski definition) is 6. The van der Waals surface area contributed by atoms with Crippen LogP contribution in [0.5, 0.6) is 0 Å². The zero-order valence-electron chi connectivity index (χ0n) is 10.3. The lowest BCUT2D eigenvalue weighted by atomic mass is 10.1. The number of nitrogen functional groups attached to an aromatic ring is 2. The normalized spacial score (nSPS) is 10.4. The van der Waals surface area contributed by atoms with Crippen molar-refractivity contribution in [3.05, 3.63) is 41.2 Å². The first-order chi connectivity index (χ1) is 9.45. The van der Waals surface area contributed by atoms with Crippen LogP contribution < -0.4 is 17.2 Å². The van der Waals surface area contributed by atoms with Crippen LogP contribution in [0.15, 0.2) is 29.4 Å². The number of thioether (sulfide) groups is 1. The quantitative estimate of drug-likeness (QED) is 0.574. The highest BCUT2D eigenvalue weighted by molar-refractivity contribution is 7.98. The van der Waals surface area contributed by atoms with E-state index in [4.69, 9.17) is 17.2 Å². The molecule has 0 aliphatic carbocycles. The largest absolute Gasteiger partial charge is 0.383 e. The lowest BCUT2D eigenvalue weighted by Crippen LogP contribution is -2.11. The summed E-state index contributed by atoms with van der Waals surface area (Å²) in [5.41, 5.74) is 16.8. The summed E-state index contributed by atoms with van der Waals surface area (Å²) in [6.07, 6.45) is 0. The first-order valence-electron chi connectivity index (χ1n) is 5.57. The fraction of sp³-hybridized carbons (Fsp3) is 0.0833. The Morgan fingerprint density at radius 3 is 2.45 bits per heavy atom. The van der Waals surface area contributed by atoms with Crippen molar-refractivity contribution in [3.8, 4) is 0 Å². The molecule has 1 heterocycles. The third-order valence-corrected chi connectivity index (χ3v) is 3.33. The summed E-state index contributed by atoms with van der Waals surface area (Å²) in [7, 11) is 0. The first-order valence-corrected chi connectivity index (χ1v) is 6.55. The number of primary amides is 1. The number of amides is 1. The maximum absolute atomic E-state index is 13.6. The number of carbonyl (C=O) groups is 1. The van der Waals surface area contributed by atoms with Crippen LogP contribution in [0.4, 0.5) is 16.0 Å². The van der Waals surface area contributed by atoms with Crippen LogP contribution in [0.25, 0.3) is 0 Å². The van der Waals surface area contributed by atoms with E-state index in [9.17, 15) is 9.18 Å². The summed E-state index contributed by atoms with van der Waals surface area (Å²) >= 11 is 1.16. The van der Waals surface area contributed by atoms with Crippen molar-refractivity contribution in [1.82, 2.24) is 9.97 Å². The Bertz CT molecular complexity index is 644. The zero-order valence-corrected chi connectivity index (χ0v) is 11.2. The number of halogens is 1. The molecule has 6 nitrogen and oxygen atoms in total. The average molecular weight is 293 g/mol. The molecule has 0 saturated carbocycles. The van der Waals surface area contributed by atoms with Crippen LogP contribution >= 0.6 is 11.8 Å². The summed E-state index contributed by atoms with van der Waals surface area (Å²) in [4.78, 5) is 19.0. The second-order valence-corrected chi connectivity index (χ2v) is 4.90. The van der Waals surface area contributed by atoms with Gasteiger partial charge in [-0.1, -0.05) is 11.8 Å². The van der Waals surface area contributed by atoms with Gasteiger partial charge in [0.25, 0.3) is 0 Å². The van der Waals surface area contributed by atoms with Gasteiger partial charge < -0.3 is 17.2 Å². The van der Waals surface area contributed by atoms with Crippen molar-refractivity contribution in [3.63, 3.8) is 0 Å². The van der Waals surface area contributed by atoms with E-state index >= 15 is 0 Å². The molecule has 0 bridgehead atoms. The van der Waals surface area contributed by atoms with Gasteiger partial charge in [0.2, 0.25) is 5.91 Å². The minimum Gasteiger partial charge on any atom is -0.383 e. The number of aromatic nitrogens is 2. The van der Waals surface area contributed by atoms with Crippen molar-refractivity contribution in [2.45, 2.75) is 10.9 Å². The molecule has 0 aliphatic heterocycles. The molecule has 8 heteroatoms. The summed E-state index contributed by atoms with van der Waals surface area (Å²) in [5, 5.41) is 0.339. The topological polar surface area (TPSA) is 121 Å². The predicted molar refractivity (Wildman–Crippen MR) is 75.3 cm³/mol. The number of nitrogens with two attached hydrogens (primary N) is 3. The smallest absolute Gasteiger partial charge is 0.248 e. The van der Waals surface area contributed by atoms with Crippen LogP contribution in [0, 0.1) is 5.82 Å².